The third-order valence-electron chi connectivity index (χ3n) is 5.24. The van der Waals surface area contributed by atoms with Gasteiger partial charge in [0.05, 0.1) is 30.9 Å². The third kappa shape index (κ3) is 5.49. The van der Waals surface area contributed by atoms with Gasteiger partial charge in [-0.05, 0) is 6.42 Å². The SMILES string of the molecule is CC1(C)[C@@H](O)C[C@H]1Nc1nc(NCc2cncnc2OCCC(F)(F)F)ncc1C#N. The molecule has 0 radical (unpaired) electrons. The highest BCUT2D eigenvalue weighted by Gasteiger charge is 2.47. The number of hydrogen-bond acceptors (Lipinski definition) is 9. The molecule has 3 rings (SSSR count). The maximum atomic E-state index is 12.3. The fraction of sp³-hybridized carbons (Fsp3) is 0.526. The van der Waals surface area contributed by atoms with Crippen molar-refractivity contribution in [1.29, 1.82) is 5.26 Å². The minimum atomic E-state index is -4.32. The number of aliphatic hydroxyl groups is 1. The minimum absolute atomic E-state index is 0.0314. The fourth-order valence-electron chi connectivity index (χ4n) is 3.01. The maximum absolute atomic E-state index is 12.3. The second-order valence-corrected chi connectivity index (χ2v) is 7.76. The van der Waals surface area contributed by atoms with Gasteiger partial charge in [0.25, 0.3) is 0 Å². The fourth-order valence-corrected chi connectivity index (χ4v) is 3.01. The number of aromatic nitrogens is 4. The van der Waals surface area contributed by atoms with Gasteiger partial charge in [-0.25, -0.2) is 15.0 Å². The van der Waals surface area contributed by atoms with Crippen molar-refractivity contribution in [3.63, 3.8) is 0 Å². The molecule has 1 saturated carbocycles. The van der Waals surface area contributed by atoms with Crippen molar-refractivity contribution in [2.24, 2.45) is 5.41 Å². The Morgan fingerprint density at radius 1 is 1.32 bits per heavy atom. The van der Waals surface area contributed by atoms with E-state index in [0.29, 0.717) is 17.8 Å². The van der Waals surface area contributed by atoms with Crippen molar-refractivity contribution in [2.75, 3.05) is 17.2 Å². The van der Waals surface area contributed by atoms with Crippen molar-refractivity contribution < 1.29 is 23.0 Å². The van der Waals surface area contributed by atoms with Crippen LogP contribution in [-0.2, 0) is 6.54 Å². The molecule has 0 aromatic carbocycles. The summed E-state index contributed by atoms with van der Waals surface area (Å²) in [5, 5.41) is 25.4. The zero-order valence-electron chi connectivity index (χ0n) is 16.9. The lowest BCUT2D eigenvalue weighted by Gasteiger charge is -2.49. The van der Waals surface area contributed by atoms with Crippen LogP contribution in [0.15, 0.2) is 18.7 Å². The minimum Gasteiger partial charge on any atom is -0.477 e. The number of nitriles is 1. The quantitative estimate of drug-likeness (QED) is 0.571. The van der Waals surface area contributed by atoms with Gasteiger partial charge in [-0.2, -0.15) is 23.4 Å². The lowest BCUT2D eigenvalue weighted by Crippen LogP contribution is -2.57. The molecule has 1 aliphatic rings. The first-order valence-electron chi connectivity index (χ1n) is 9.54. The summed E-state index contributed by atoms with van der Waals surface area (Å²) in [4.78, 5) is 16.2. The molecule has 3 N–H and O–H groups in total. The highest BCUT2D eigenvalue weighted by Crippen LogP contribution is 2.42. The molecule has 0 aliphatic heterocycles. The van der Waals surface area contributed by atoms with Crippen molar-refractivity contribution >= 4 is 11.8 Å². The number of hydrogen-bond donors (Lipinski definition) is 3. The molecule has 1 aliphatic carbocycles. The molecule has 12 heteroatoms. The Hall–Kier alpha value is -3.20. The third-order valence-corrected chi connectivity index (χ3v) is 5.24. The van der Waals surface area contributed by atoms with E-state index in [1.807, 2.05) is 19.9 Å². The highest BCUT2D eigenvalue weighted by atomic mass is 19.4. The van der Waals surface area contributed by atoms with Crippen LogP contribution < -0.4 is 15.4 Å². The predicted octanol–water partition coefficient (Wildman–Crippen LogP) is 2.65. The summed E-state index contributed by atoms with van der Waals surface area (Å²) >= 11 is 0. The van der Waals surface area contributed by atoms with Crippen LogP contribution in [0.25, 0.3) is 0 Å². The van der Waals surface area contributed by atoms with E-state index in [4.69, 9.17) is 4.74 Å². The molecule has 0 saturated heterocycles. The Morgan fingerprint density at radius 3 is 2.74 bits per heavy atom. The van der Waals surface area contributed by atoms with Crippen LogP contribution >= 0.6 is 0 Å². The van der Waals surface area contributed by atoms with E-state index < -0.39 is 25.3 Å². The molecule has 0 unspecified atom stereocenters. The summed E-state index contributed by atoms with van der Waals surface area (Å²) in [6.07, 6.45) is -1.36. The predicted molar refractivity (Wildman–Crippen MR) is 104 cm³/mol. The van der Waals surface area contributed by atoms with Crippen molar-refractivity contribution in [2.45, 2.75) is 51.6 Å². The van der Waals surface area contributed by atoms with E-state index in [2.05, 4.69) is 30.6 Å². The summed E-state index contributed by atoms with van der Waals surface area (Å²) < 4.78 is 42.1. The van der Waals surface area contributed by atoms with Gasteiger partial charge in [-0.3, -0.25) is 0 Å². The summed E-state index contributed by atoms with van der Waals surface area (Å²) in [5.41, 5.74) is 0.312. The van der Waals surface area contributed by atoms with E-state index in [1.54, 1.807) is 0 Å². The number of rotatable bonds is 8. The first-order valence-corrected chi connectivity index (χ1v) is 9.54. The van der Waals surface area contributed by atoms with E-state index in [1.165, 1.54) is 18.7 Å². The molecule has 31 heavy (non-hydrogen) atoms. The second kappa shape index (κ2) is 8.89. The molecule has 2 heterocycles. The number of ether oxygens (including phenoxy) is 1. The van der Waals surface area contributed by atoms with Gasteiger partial charge < -0.3 is 20.5 Å². The number of anilines is 2. The normalized spacial score (nSPS) is 19.8. The number of nitrogens with one attached hydrogen (secondary N) is 2. The summed E-state index contributed by atoms with van der Waals surface area (Å²) in [5.74, 6) is 0.559. The van der Waals surface area contributed by atoms with Crippen LogP contribution in [0.4, 0.5) is 24.9 Å². The zero-order chi connectivity index (χ0) is 22.6. The van der Waals surface area contributed by atoms with Crippen molar-refractivity contribution in [3.8, 4) is 11.9 Å². The van der Waals surface area contributed by atoms with E-state index in [0.717, 1.165) is 0 Å². The standard InChI is InChI=1S/C19H22F3N7O2/c1-18(2)13(5-14(18)30)28-15-11(6-23)8-25-17(29-15)26-9-12-7-24-10-27-16(12)31-4-3-19(20,21)22/h7-8,10,13-14,30H,3-5,9H2,1-2H3,(H2,25,26,28,29)/t13-,14+/m1/s1. The van der Waals surface area contributed by atoms with Gasteiger partial charge in [-0.1, -0.05) is 13.8 Å². The number of aliphatic hydroxyl groups excluding tert-OH is 1. The molecule has 0 amide bonds. The Balaban J connectivity index is 1.67. The lowest BCUT2D eigenvalue weighted by molar-refractivity contribution is -0.139. The summed E-state index contributed by atoms with van der Waals surface area (Å²) in [7, 11) is 0. The largest absolute Gasteiger partial charge is 0.477 e. The van der Waals surface area contributed by atoms with Gasteiger partial charge >= 0.3 is 6.18 Å². The number of nitrogens with zero attached hydrogens (tertiary/aromatic N) is 5. The van der Waals surface area contributed by atoms with Crippen molar-refractivity contribution in [1.82, 2.24) is 19.9 Å². The topological polar surface area (TPSA) is 129 Å². The molecular formula is C19H22F3N7O2. The molecular weight excluding hydrogens is 415 g/mol. The smallest absolute Gasteiger partial charge is 0.392 e. The molecule has 0 spiro atoms. The number of alkyl halides is 3. The Morgan fingerprint density at radius 2 is 2.10 bits per heavy atom. The van der Waals surface area contributed by atoms with E-state index >= 15 is 0 Å². The second-order valence-electron chi connectivity index (χ2n) is 7.76. The highest BCUT2D eigenvalue weighted by molar-refractivity contribution is 5.54. The molecule has 0 bridgehead atoms. The molecule has 2 atom stereocenters. The average Bonchev–Trinajstić information content (AvgIpc) is 2.72. The van der Waals surface area contributed by atoms with Gasteiger partial charge in [0.2, 0.25) is 11.8 Å². The Kier molecular flexibility index (Phi) is 6.45. The van der Waals surface area contributed by atoms with Gasteiger partial charge in [-0.15, -0.1) is 0 Å². The molecule has 9 nitrogen and oxygen atoms in total. The molecule has 1 fully saturated rings. The lowest BCUT2D eigenvalue weighted by atomic mass is 9.64. The van der Waals surface area contributed by atoms with Crippen LogP contribution in [0.5, 0.6) is 5.88 Å². The maximum Gasteiger partial charge on any atom is 0.392 e. The first kappa shape index (κ1) is 22.5. The first-order chi connectivity index (χ1) is 14.6. The zero-order valence-corrected chi connectivity index (χ0v) is 16.9. The van der Waals surface area contributed by atoms with Gasteiger partial charge in [0.1, 0.15) is 23.8 Å². The van der Waals surface area contributed by atoms with Gasteiger partial charge in [0.15, 0.2) is 0 Å². The molecule has 2 aromatic heterocycles. The number of halogens is 3. The Bertz CT molecular complexity index is 962. The van der Waals surface area contributed by atoms with Crippen LogP contribution in [0.2, 0.25) is 0 Å². The summed E-state index contributed by atoms with van der Waals surface area (Å²) in [6.45, 7) is 3.38. The molecule has 2 aromatic rings. The molecule has 166 valence electrons. The van der Waals surface area contributed by atoms with E-state index in [9.17, 15) is 23.5 Å². The van der Waals surface area contributed by atoms with Crippen LogP contribution in [0.3, 0.4) is 0 Å². The van der Waals surface area contributed by atoms with Crippen molar-refractivity contribution in [3.05, 3.63) is 29.8 Å². The van der Waals surface area contributed by atoms with Crippen LogP contribution in [0, 0.1) is 16.7 Å². The van der Waals surface area contributed by atoms with Crippen LogP contribution in [0.1, 0.15) is 37.8 Å². The summed E-state index contributed by atoms with van der Waals surface area (Å²) in [6, 6.07) is 1.96. The Labute approximate surface area is 176 Å². The monoisotopic (exact) mass is 437 g/mol. The van der Waals surface area contributed by atoms with Gasteiger partial charge in [0, 0.05) is 24.2 Å². The van der Waals surface area contributed by atoms with Crippen LogP contribution in [-0.4, -0.2) is 50.0 Å². The average molecular weight is 437 g/mol. The van der Waals surface area contributed by atoms with E-state index in [-0.39, 0.29) is 35.4 Å².